The van der Waals surface area contributed by atoms with Crippen LogP contribution in [-0.4, -0.2) is 20.2 Å². The van der Waals surface area contributed by atoms with E-state index >= 15 is 0 Å². The second-order valence-electron chi connectivity index (χ2n) is 4.62. The van der Waals surface area contributed by atoms with E-state index < -0.39 is 0 Å². The molecule has 0 aromatic heterocycles. The molecule has 0 spiro atoms. The van der Waals surface area contributed by atoms with E-state index in [0.717, 1.165) is 28.0 Å². The van der Waals surface area contributed by atoms with Gasteiger partial charge in [0.05, 0.1) is 14.2 Å². The minimum atomic E-state index is -0.371. The molecule has 0 unspecified atom stereocenters. The summed E-state index contributed by atoms with van der Waals surface area (Å²) >= 11 is 0. The van der Waals surface area contributed by atoms with E-state index in [2.05, 4.69) is 0 Å². The van der Waals surface area contributed by atoms with Crippen LogP contribution in [0, 0.1) is 6.92 Å². The molecule has 0 aliphatic heterocycles. The van der Waals surface area contributed by atoms with Crippen LogP contribution in [0.3, 0.4) is 0 Å². The van der Waals surface area contributed by atoms with Crippen LogP contribution in [0.1, 0.15) is 16.7 Å². The van der Waals surface area contributed by atoms with Gasteiger partial charge in [-0.15, -0.1) is 0 Å². The third-order valence-electron chi connectivity index (χ3n) is 3.30. The van der Waals surface area contributed by atoms with Gasteiger partial charge in [0.1, 0.15) is 5.75 Å². The third kappa shape index (κ3) is 3.51. The molecule has 0 N–H and O–H groups in total. The van der Waals surface area contributed by atoms with Crippen molar-refractivity contribution in [3.05, 3.63) is 71.3 Å². The average Bonchev–Trinajstić information content (AvgIpc) is 2.53. The summed E-state index contributed by atoms with van der Waals surface area (Å²) in [6.45, 7) is 2.02. The summed E-state index contributed by atoms with van der Waals surface area (Å²) in [5, 5.41) is 0. The first-order valence-electron chi connectivity index (χ1n) is 6.65. The molecule has 0 saturated carbocycles. The SMILES string of the molecule is COC(=O)/C=C(/c1ccc(OC)cc1)c1ccccc1C. The minimum Gasteiger partial charge on any atom is -0.497 e. The van der Waals surface area contributed by atoms with Crippen LogP contribution in [0.25, 0.3) is 5.57 Å². The zero-order chi connectivity index (χ0) is 15.2. The molecule has 0 atom stereocenters. The van der Waals surface area contributed by atoms with Crippen LogP contribution in [0.15, 0.2) is 54.6 Å². The number of esters is 1. The standard InChI is InChI=1S/C18H18O3/c1-13-6-4-5-7-16(13)17(12-18(19)21-3)14-8-10-15(20-2)11-9-14/h4-12H,1-3H3/b17-12-. The Hall–Kier alpha value is -2.55. The molecule has 21 heavy (non-hydrogen) atoms. The number of carbonyl (C=O) groups excluding carboxylic acids is 1. The van der Waals surface area contributed by atoms with Crippen LogP contribution in [0.2, 0.25) is 0 Å². The molecule has 0 bridgehead atoms. The van der Waals surface area contributed by atoms with Crippen molar-refractivity contribution in [3.63, 3.8) is 0 Å². The topological polar surface area (TPSA) is 35.5 Å². The Morgan fingerprint density at radius 1 is 1.00 bits per heavy atom. The first-order valence-corrected chi connectivity index (χ1v) is 6.65. The lowest BCUT2D eigenvalue weighted by atomic mass is 9.94. The van der Waals surface area contributed by atoms with Crippen molar-refractivity contribution in [3.8, 4) is 5.75 Å². The van der Waals surface area contributed by atoms with E-state index in [1.165, 1.54) is 13.2 Å². The van der Waals surface area contributed by atoms with Crippen molar-refractivity contribution < 1.29 is 14.3 Å². The van der Waals surface area contributed by atoms with Crippen LogP contribution in [-0.2, 0) is 9.53 Å². The molecule has 0 aliphatic rings. The third-order valence-corrected chi connectivity index (χ3v) is 3.30. The highest BCUT2D eigenvalue weighted by atomic mass is 16.5. The Kier molecular flexibility index (Phi) is 4.77. The van der Waals surface area contributed by atoms with Gasteiger partial charge in [0.2, 0.25) is 0 Å². The zero-order valence-corrected chi connectivity index (χ0v) is 12.4. The Morgan fingerprint density at radius 2 is 1.67 bits per heavy atom. The van der Waals surface area contributed by atoms with Crippen molar-refractivity contribution in [2.24, 2.45) is 0 Å². The van der Waals surface area contributed by atoms with Gasteiger partial charge < -0.3 is 9.47 Å². The summed E-state index contributed by atoms with van der Waals surface area (Å²) in [4.78, 5) is 11.7. The van der Waals surface area contributed by atoms with E-state index in [9.17, 15) is 4.79 Å². The highest BCUT2D eigenvalue weighted by Crippen LogP contribution is 2.27. The number of methoxy groups -OCH3 is 2. The molecule has 2 aromatic rings. The summed E-state index contributed by atoms with van der Waals surface area (Å²) in [5.41, 5.74) is 3.88. The monoisotopic (exact) mass is 282 g/mol. The summed E-state index contributed by atoms with van der Waals surface area (Å²) < 4.78 is 9.94. The highest BCUT2D eigenvalue weighted by molar-refractivity contribution is 5.96. The molecule has 108 valence electrons. The van der Waals surface area contributed by atoms with Gasteiger partial charge >= 0.3 is 5.97 Å². The van der Waals surface area contributed by atoms with E-state index in [4.69, 9.17) is 9.47 Å². The molecule has 0 saturated heterocycles. The Labute approximate surface area is 124 Å². The van der Waals surface area contributed by atoms with Gasteiger partial charge in [-0.3, -0.25) is 0 Å². The maximum atomic E-state index is 11.7. The van der Waals surface area contributed by atoms with Crippen LogP contribution >= 0.6 is 0 Å². The van der Waals surface area contributed by atoms with Crippen LogP contribution in [0.4, 0.5) is 0 Å². The van der Waals surface area contributed by atoms with E-state index in [-0.39, 0.29) is 5.97 Å². The summed E-state index contributed by atoms with van der Waals surface area (Å²) in [5.74, 6) is 0.407. The maximum Gasteiger partial charge on any atom is 0.331 e. The first-order chi connectivity index (χ1) is 10.2. The zero-order valence-electron chi connectivity index (χ0n) is 12.4. The normalized spacial score (nSPS) is 11.1. The molecule has 0 aliphatic carbocycles. The van der Waals surface area contributed by atoms with E-state index in [1.807, 2.05) is 55.5 Å². The number of ether oxygens (including phenoxy) is 2. The van der Waals surface area contributed by atoms with Gasteiger partial charge in [0.25, 0.3) is 0 Å². The van der Waals surface area contributed by atoms with Crippen molar-refractivity contribution >= 4 is 11.5 Å². The molecule has 3 heteroatoms. The molecular weight excluding hydrogens is 264 g/mol. The molecule has 3 nitrogen and oxygen atoms in total. The molecular formula is C18H18O3. The molecule has 2 rings (SSSR count). The Bertz CT molecular complexity index is 654. The van der Waals surface area contributed by atoms with Gasteiger partial charge in [-0.05, 0) is 41.3 Å². The predicted octanol–water partition coefficient (Wildman–Crippen LogP) is 3.61. The Balaban J connectivity index is 2.53. The fourth-order valence-electron chi connectivity index (χ4n) is 2.14. The number of hydrogen-bond donors (Lipinski definition) is 0. The molecule has 0 amide bonds. The summed E-state index contributed by atoms with van der Waals surface area (Å²) in [6.07, 6.45) is 1.52. The fourth-order valence-corrected chi connectivity index (χ4v) is 2.14. The summed E-state index contributed by atoms with van der Waals surface area (Å²) in [6, 6.07) is 15.6. The van der Waals surface area contributed by atoms with Gasteiger partial charge in [-0.2, -0.15) is 0 Å². The van der Waals surface area contributed by atoms with E-state index in [1.54, 1.807) is 7.11 Å². The quantitative estimate of drug-likeness (QED) is 0.635. The molecule has 0 radical (unpaired) electrons. The van der Waals surface area contributed by atoms with Crippen LogP contribution in [0.5, 0.6) is 5.75 Å². The maximum absolute atomic E-state index is 11.7. The second-order valence-corrected chi connectivity index (χ2v) is 4.62. The summed E-state index contributed by atoms with van der Waals surface area (Å²) in [7, 11) is 3.00. The van der Waals surface area contributed by atoms with Crippen LogP contribution < -0.4 is 4.74 Å². The Morgan fingerprint density at radius 3 is 2.24 bits per heavy atom. The lowest BCUT2D eigenvalue weighted by Gasteiger charge is -2.11. The largest absolute Gasteiger partial charge is 0.497 e. The number of hydrogen-bond acceptors (Lipinski definition) is 3. The fraction of sp³-hybridized carbons (Fsp3) is 0.167. The molecule has 0 fully saturated rings. The van der Waals surface area contributed by atoms with Gasteiger partial charge in [-0.25, -0.2) is 4.79 Å². The number of rotatable bonds is 4. The van der Waals surface area contributed by atoms with Gasteiger partial charge in [0.15, 0.2) is 0 Å². The second kappa shape index (κ2) is 6.75. The van der Waals surface area contributed by atoms with Gasteiger partial charge in [0, 0.05) is 6.08 Å². The number of aryl methyl sites for hydroxylation is 1. The molecule has 0 heterocycles. The lowest BCUT2D eigenvalue weighted by Crippen LogP contribution is -1.99. The van der Waals surface area contributed by atoms with Crippen molar-refractivity contribution in [2.75, 3.05) is 14.2 Å². The van der Waals surface area contributed by atoms with Gasteiger partial charge in [-0.1, -0.05) is 36.4 Å². The number of carbonyl (C=O) groups is 1. The first kappa shape index (κ1) is 14.9. The van der Waals surface area contributed by atoms with Crippen molar-refractivity contribution in [1.82, 2.24) is 0 Å². The minimum absolute atomic E-state index is 0.371. The van der Waals surface area contributed by atoms with E-state index in [0.29, 0.717) is 0 Å². The average molecular weight is 282 g/mol. The van der Waals surface area contributed by atoms with Crippen molar-refractivity contribution in [2.45, 2.75) is 6.92 Å². The van der Waals surface area contributed by atoms with Crippen molar-refractivity contribution in [1.29, 1.82) is 0 Å². The smallest absolute Gasteiger partial charge is 0.331 e. The lowest BCUT2D eigenvalue weighted by molar-refractivity contribution is -0.134. The highest BCUT2D eigenvalue weighted by Gasteiger charge is 2.10. The number of benzene rings is 2. The molecule has 2 aromatic carbocycles. The predicted molar refractivity (Wildman–Crippen MR) is 83.3 cm³/mol.